The van der Waals surface area contributed by atoms with Crippen molar-refractivity contribution < 1.29 is 0 Å². The van der Waals surface area contributed by atoms with Gasteiger partial charge in [0.05, 0.1) is 0 Å². The quantitative estimate of drug-likeness (QED) is 0.703. The van der Waals surface area contributed by atoms with E-state index in [-0.39, 0.29) is 0 Å². The molecule has 1 aromatic rings. The van der Waals surface area contributed by atoms with E-state index in [0.29, 0.717) is 6.04 Å². The van der Waals surface area contributed by atoms with Crippen molar-refractivity contribution in [3.05, 3.63) is 20.8 Å². The lowest BCUT2D eigenvalue weighted by atomic mass is 9.94. The number of halogens is 1. The van der Waals surface area contributed by atoms with Crippen LogP contribution in [0.15, 0.2) is 15.9 Å². The normalized spacial score (nSPS) is 18.6. The molecule has 0 bridgehead atoms. The molecule has 1 aliphatic rings. The van der Waals surface area contributed by atoms with Gasteiger partial charge in [0.15, 0.2) is 0 Å². The smallest absolute Gasteiger partial charge is 0.0386 e. The first-order valence-corrected chi connectivity index (χ1v) is 9.51. The predicted molar refractivity (Wildman–Crippen MR) is 92.6 cm³/mol. The number of nitrogens with one attached hydrogen (secondary N) is 1. The first kappa shape index (κ1) is 16.5. The number of hydrogen-bond acceptors (Lipinski definition) is 3. The summed E-state index contributed by atoms with van der Waals surface area (Å²) >= 11 is 5.35. The molecule has 0 aliphatic heterocycles. The lowest BCUT2D eigenvalue weighted by molar-refractivity contribution is 0.189. The van der Waals surface area contributed by atoms with Crippen molar-refractivity contribution in [3.63, 3.8) is 0 Å². The van der Waals surface area contributed by atoms with E-state index >= 15 is 0 Å². The van der Waals surface area contributed by atoms with Crippen LogP contribution in [0.1, 0.15) is 56.4 Å². The van der Waals surface area contributed by atoms with Crippen molar-refractivity contribution in [3.8, 4) is 0 Å². The average Bonchev–Trinajstić information content (AvgIpc) is 2.91. The zero-order valence-electron chi connectivity index (χ0n) is 12.7. The Labute approximate surface area is 136 Å². The first-order valence-electron chi connectivity index (χ1n) is 7.84. The highest BCUT2D eigenvalue weighted by atomic mass is 79.9. The Morgan fingerprint density at radius 3 is 2.80 bits per heavy atom. The minimum absolute atomic E-state index is 0.464. The average molecular weight is 359 g/mol. The van der Waals surface area contributed by atoms with Crippen molar-refractivity contribution in [1.29, 1.82) is 0 Å². The lowest BCUT2D eigenvalue weighted by Crippen LogP contribution is -2.35. The molecule has 1 aromatic heterocycles. The maximum absolute atomic E-state index is 3.63. The van der Waals surface area contributed by atoms with Gasteiger partial charge in [-0.2, -0.15) is 0 Å². The summed E-state index contributed by atoms with van der Waals surface area (Å²) in [5, 5.41) is 5.79. The molecule has 1 N–H and O–H groups in total. The number of rotatable bonds is 7. The van der Waals surface area contributed by atoms with Crippen LogP contribution >= 0.6 is 27.3 Å². The standard InChI is InChI=1S/C16H27BrN2S/c1-13(16-11-14(17)12-20-16)18-9-6-10-19(2)15-7-4-3-5-8-15/h11-13,15,18H,3-10H2,1-2H3. The van der Waals surface area contributed by atoms with Crippen molar-refractivity contribution in [2.24, 2.45) is 0 Å². The fraction of sp³-hybridized carbons (Fsp3) is 0.750. The summed E-state index contributed by atoms with van der Waals surface area (Å²) in [7, 11) is 2.30. The maximum atomic E-state index is 3.63. The van der Waals surface area contributed by atoms with E-state index in [1.54, 1.807) is 0 Å². The molecule has 1 aliphatic carbocycles. The SMILES string of the molecule is CC(NCCCN(C)C1CCCCC1)c1cc(Br)cs1. The van der Waals surface area contributed by atoms with Crippen LogP contribution in [0.4, 0.5) is 0 Å². The van der Waals surface area contributed by atoms with Crippen LogP contribution in [-0.4, -0.2) is 31.1 Å². The molecule has 1 unspecified atom stereocenters. The minimum atomic E-state index is 0.464. The molecule has 0 saturated heterocycles. The second-order valence-corrected chi connectivity index (χ2v) is 7.83. The zero-order chi connectivity index (χ0) is 14.4. The van der Waals surface area contributed by atoms with Crippen LogP contribution in [0.3, 0.4) is 0 Å². The summed E-state index contributed by atoms with van der Waals surface area (Å²) in [5.74, 6) is 0. The van der Waals surface area contributed by atoms with Gasteiger partial charge in [0, 0.05) is 26.8 Å². The van der Waals surface area contributed by atoms with Gasteiger partial charge >= 0.3 is 0 Å². The van der Waals surface area contributed by atoms with Crippen molar-refractivity contribution in [2.45, 2.75) is 57.5 Å². The van der Waals surface area contributed by atoms with Gasteiger partial charge in [-0.3, -0.25) is 0 Å². The highest BCUT2D eigenvalue weighted by Crippen LogP contribution is 2.25. The number of hydrogen-bond donors (Lipinski definition) is 1. The van der Waals surface area contributed by atoms with E-state index in [1.165, 1.54) is 54.4 Å². The van der Waals surface area contributed by atoms with Gasteiger partial charge in [0.2, 0.25) is 0 Å². The third kappa shape index (κ3) is 5.14. The molecule has 0 amide bonds. The molecule has 1 saturated carbocycles. The van der Waals surface area contributed by atoms with Gasteiger partial charge < -0.3 is 10.2 Å². The fourth-order valence-electron chi connectivity index (χ4n) is 3.01. The molecule has 2 rings (SSSR count). The summed E-state index contributed by atoms with van der Waals surface area (Å²) in [6.07, 6.45) is 8.35. The Bertz CT molecular complexity index is 388. The molecule has 1 atom stereocenters. The van der Waals surface area contributed by atoms with Crippen LogP contribution in [-0.2, 0) is 0 Å². The molecule has 20 heavy (non-hydrogen) atoms. The molecule has 1 heterocycles. The maximum Gasteiger partial charge on any atom is 0.0386 e. The molecule has 2 nitrogen and oxygen atoms in total. The van der Waals surface area contributed by atoms with Crippen LogP contribution in [0.2, 0.25) is 0 Å². The van der Waals surface area contributed by atoms with Crippen LogP contribution < -0.4 is 5.32 Å². The van der Waals surface area contributed by atoms with Gasteiger partial charge in [-0.05, 0) is 68.3 Å². The Hall–Kier alpha value is 0.1000. The molecular weight excluding hydrogens is 332 g/mol. The number of thiophene rings is 1. The summed E-state index contributed by atoms with van der Waals surface area (Å²) in [6, 6.07) is 3.52. The Morgan fingerprint density at radius 2 is 2.15 bits per heavy atom. The summed E-state index contributed by atoms with van der Waals surface area (Å²) in [6.45, 7) is 4.58. The van der Waals surface area contributed by atoms with E-state index in [1.807, 2.05) is 11.3 Å². The molecule has 0 radical (unpaired) electrons. The van der Waals surface area contributed by atoms with E-state index in [2.05, 4.69) is 51.6 Å². The number of nitrogens with zero attached hydrogens (tertiary/aromatic N) is 1. The van der Waals surface area contributed by atoms with Gasteiger partial charge in [0.25, 0.3) is 0 Å². The summed E-state index contributed by atoms with van der Waals surface area (Å²) in [5.41, 5.74) is 0. The molecular formula is C16H27BrN2S. The van der Waals surface area contributed by atoms with Gasteiger partial charge in [-0.15, -0.1) is 11.3 Å². The third-order valence-electron chi connectivity index (χ3n) is 4.35. The molecule has 0 spiro atoms. The fourth-order valence-corrected chi connectivity index (χ4v) is 4.49. The second-order valence-electron chi connectivity index (χ2n) is 5.97. The summed E-state index contributed by atoms with van der Waals surface area (Å²) < 4.78 is 1.20. The van der Waals surface area contributed by atoms with E-state index in [4.69, 9.17) is 0 Å². The summed E-state index contributed by atoms with van der Waals surface area (Å²) in [4.78, 5) is 3.99. The highest BCUT2D eigenvalue weighted by Gasteiger charge is 2.17. The van der Waals surface area contributed by atoms with E-state index < -0.39 is 0 Å². The predicted octanol–water partition coefficient (Wildman–Crippen LogP) is 4.82. The third-order valence-corrected chi connectivity index (χ3v) is 6.23. The van der Waals surface area contributed by atoms with Gasteiger partial charge in [0.1, 0.15) is 0 Å². The van der Waals surface area contributed by atoms with Gasteiger partial charge in [-0.25, -0.2) is 0 Å². The van der Waals surface area contributed by atoms with Crippen molar-refractivity contribution in [1.82, 2.24) is 10.2 Å². The molecule has 0 aromatic carbocycles. The van der Waals surface area contributed by atoms with Crippen LogP contribution in [0.5, 0.6) is 0 Å². The second kappa shape index (κ2) is 8.52. The van der Waals surface area contributed by atoms with E-state index in [0.717, 1.165) is 12.6 Å². The minimum Gasteiger partial charge on any atom is -0.309 e. The van der Waals surface area contributed by atoms with Crippen molar-refractivity contribution in [2.75, 3.05) is 20.1 Å². The zero-order valence-corrected chi connectivity index (χ0v) is 15.1. The van der Waals surface area contributed by atoms with Crippen molar-refractivity contribution >= 4 is 27.3 Å². The first-order chi connectivity index (χ1) is 9.66. The highest BCUT2D eigenvalue weighted by molar-refractivity contribution is 9.10. The Kier molecular flexibility index (Phi) is 7.02. The van der Waals surface area contributed by atoms with Crippen LogP contribution in [0.25, 0.3) is 0 Å². The molecule has 1 fully saturated rings. The lowest BCUT2D eigenvalue weighted by Gasteiger charge is -2.31. The Balaban J connectivity index is 1.61. The monoisotopic (exact) mass is 358 g/mol. The van der Waals surface area contributed by atoms with E-state index in [9.17, 15) is 0 Å². The Morgan fingerprint density at radius 1 is 1.40 bits per heavy atom. The van der Waals surface area contributed by atoms with Crippen LogP contribution in [0, 0.1) is 0 Å². The topological polar surface area (TPSA) is 15.3 Å². The largest absolute Gasteiger partial charge is 0.309 e. The molecule has 114 valence electrons. The van der Waals surface area contributed by atoms with Gasteiger partial charge in [-0.1, -0.05) is 19.3 Å². The molecule has 4 heteroatoms.